The minimum atomic E-state index is -0.941. The zero-order valence-electron chi connectivity index (χ0n) is 6.85. The van der Waals surface area contributed by atoms with Crippen LogP contribution in [-0.4, -0.2) is 21.2 Å². The first-order chi connectivity index (χ1) is 4.98. The summed E-state index contributed by atoms with van der Waals surface area (Å²) in [5, 5.41) is 10.9. The highest BCUT2D eigenvalue weighted by Gasteiger charge is 2.18. The predicted molar refractivity (Wildman–Crippen MR) is 53.4 cm³/mol. The quantitative estimate of drug-likeness (QED) is 0.608. The molecule has 3 nitrogen and oxygen atoms in total. The van der Waals surface area contributed by atoms with Crippen molar-refractivity contribution in [3.8, 4) is 0 Å². The third kappa shape index (κ3) is 6.40. The van der Waals surface area contributed by atoms with Crippen molar-refractivity contribution in [2.75, 3.05) is 4.43 Å². The topological polar surface area (TPSA) is 49.3 Å². The van der Waals surface area contributed by atoms with Gasteiger partial charge in [-0.25, -0.2) is 4.79 Å². The van der Waals surface area contributed by atoms with Gasteiger partial charge in [-0.05, 0) is 31.1 Å². The molecule has 2 N–H and O–H groups in total. The van der Waals surface area contributed by atoms with E-state index in [2.05, 4.69) is 27.9 Å². The zero-order chi connectivity index (χ0) is 8.91. The number of hydrogen-bond donors (Lipinski definition) is 2. The fourth-order valence-corrected chi connectivity index (χ4v) is 1.24. The van der Waals surface area contributed by atoms with Crippen LogP contribution in [0.3, 0.4) is 0 Å². The molecule has 0 aliphatic rings. The summed E-state index contributed by atoms with van der Waals surface area (Å²) in [6.45, 7) is 3.79. The van der Waals surface area contributed by atoms with Gasteiger partial charge in [0.05, 0.1) is 0 Å². The molecule has 0 aliphatic carbocycles. The number of carbonyl (C=O) groups is 1. The maximum atomic E-state index is 10.3. The number of halogens is 1. The summed E-state index contributed by atoms with van der Waals surface area (Å²) in [5.74, 6) is 0. The Morgan fingerprint density at radius 3 is 2.55 bits per heavy atom. The summed E-state index contributed by atoms with van der Waals surface area (Å²) in [5.41, 5.74) is -0.281. The van der Waals surface area contributed by atoms with Crippen LogP contribution < -0.4 is 5.32 Å². The molecule has 0 unspecified atom stereocenters. The summed E-state index contributed by atoms with van der Waals surface area (Å²) in [6, 6.07) is 0. The first-order valence-electron chi connectivity index (χ1n) is 3.55. The van der Waals surface area contributed by atoms with E-state index in [1.807, 2.05) is 13.8 Å². The Labute approximate surface area is 80.7 Å². The van der Waals surface area contributed by atoms with Crippen molar-refractivity contribution >= 4 is 28.7 Å². The van der Waals surface area contributed by atoms with E-state index in [4.69, 9.17) is 5.11 Å². The van der Waals surface area contributed by atoms with E-state index in [0.717, 1.165) is 17.3 Å². The van der Waals surface area contributed by atoms with E-state index in [1.165, 1.54) is 0 Å². The molecule has 0 heterocycles. The average molecular weight is 271 g/mol. The van der Waals surface area contributed by atoms with Crippen molar-refractivity contribution in [1.82, 2.24) is 5.32 Å². The van der Waals surface area contributed by atoms with Crippen LogP contribution in [0.2, 0.25) is 0 Å². The van der Waals surface area contributed by atoms with Crippen molar-refractivity contribution in [2.45, 2.75) is 32.2 Å². The highest BCUT2D eigenvalue weighted by molar-refractivity contribution is 14.1. The number of nitrogens with one attached hydrogen (secondary N) is 1. The molecule has 0 radical (unpaired) electrons. The van der Waals surface area contributed by atoms with Gasteiger partial charge in [0.2, 0.25) is 0 Å². The van der Waals surface area contributed by atoms with Gasteiger partial charge in [0.25, 0.3) is 0 Å². The summed E-state index contributed by atoms with van der Waals surface area (Å²) >= 11 is 2.29. The molecule has 66 valence electrons. The van der Waals surface area contributed by atoms with Crippen LogP contribution in [0.15, 0.2) is 0 Å². The van der Waals surface area contributed by atoms with Gasteiger partial charge in [-0.15, -0.1) is 0 Å². The second-order valence-corrected chi connectivity index (χ2v) is 4.19. The molecule has 1 amide bonds. The molecule has 0 saturated heterocycles. The molecule has 0 fully saturated rings. The van der Waals surface area contributed by atoms with Crippen LogP contribution in [-0.2, 0) is 0 Å². The number of carboxylic acid groups (broad SMARTS) is 1. The maximum Gasteiger partial charge on any atom is 0.405 e. The largest absolute Gasteiger partial charge is 0.465 e. The Kier molecular flexibility index (Phi) is 4.79. The summed E-state index contributed by atoms with van der Waals surface area (Å²) in [4.78, 5) is 10.3. The predicted octanol–water partition coefficient (Wildman–Crippen LogP) is 2.25. The van der Waals surface area contributed by atoms with E-state index < -0.39 is 6.09 Å². The molecule has 0 saturated carbocycles. The van der Waals surface area contributed by atoms with Crippen LogP contribution in [0.1, 0.15) is 26.7 Å². The molecule has 0 atom stereocenters. The monoisotopic (exact) mass is 271 g/mol. The third-order valence-corrected chi connectivity index (χ3v) is 2.14. The Morgan fingerprint density at radius 1 is 1.64 bits per heavy atom. The zero-order valence-corrected chi connectivity index (χ0v) is 9.01. The Balaban J connectivity index is 3.70. The van der Waals surface area contributed by atoms with E-state index in [9.17, 15) is 4.79 Å². The summed E-state index contributed by atoms with van der Waals surface area (Å²) in [7, 11) is 0. The van der Waals surface area contributed by atoms with E-state index >= 15 is 0 Å². The number of rotatable bonds is 4. The Hall–Kier alpha value is 0. The third-order valence-electron chi connectivity index (χ3n) is 1.38. The van der Waals surface area contributed by atoms with Crippen molar-refractivity contribution in [3.63, 3.8) is 0 Å². The first-order valence-corrected chi connectivity index (χ1v) is 5.07. The molecule has 0 aromatic rings. The lowest BCUT2D eigenvalue weighted by Crippen LogP contribution is -2.42. The van der Waals surface area contributed by atoms with Gasteiger partial charge in [-0.3, -0.25) is 0 Å². The van der Waals surface area contributed by atoms with Crippen LogP contribution in [0.4, 0.5) is 4.79 Å². The van der Waals surface area contributed by atoms with Gasteiger partial charge < -0.3 is 10.4 Å². The first kappa shape index (κ1) is 11.0. The highest BCUT2D eigenvalue weighted by Crippen LogP contribution is 2.11. The molecule has 0 aromatic heterocycles. The van der Waals surface area contributed by atoms with Gasteiger partial charge in [0.15, 0.2) is 0 Å². The van der Waals surface area contributed by atoms with Crippen molar-refractivity contribution in [2.24, 2.45) is 0 Å². The van der Waals surface area contributed by atoms with E-state index in [1.54, 1.807) is 0 Å². The second kappa shape index (κ2) is 4.79. The van der Waals surface area contributed by atoms with Crippen molar-refractivity contribution < 1.29 is 9.90 Å². The molecule has 0 aromatic carbocycles. The average Bonchev–Trinajstić information content (AvgIpc) is 1.81. The van der Waals surface area contributed by atoms with Crippen LogP contribution in [0.5, 0.6) is 0 Å². The minimum Gasteiger partial charge on any atom is -0.465 e. The standard InChI is InChI=1S/C7H14INO2/c1-7(2,4-3-5-8)9-6(10)11/h9H,3-5H2,1-2H3,(H,10,11). The lowest BCUT2D eigenvalue weighted by atomic mass is 9.99. The van der Waals surface area contributed by atoms with E-state index in [0.29, 0.717) is 0 Å². The molecule has 0 aliphatic heterocycles. The minimum absolute atomic E-state index is 0.281. The molecule has 0 bridgehead atoms. The summed E-state index contributed by atoms with van der Waals surface area (Å²) in [6.07, 6.45) is 0.999. The summed E-state index contributed by atoms with van der Waals surface area (Å²) < 4.78 is 1.07. The smallest absolute Gasteiger partial charge is 0.405 e. The fraction of sp³-hybridized carbons (Fsp3) is 0.857. The van der Waals surface area contributed by atoms with Gasteiger partial charge >= 0.3 is 6.09 Å². The molecule has 0 rings (SSSR count). The number of alkyl halides is 1. The second-order valence-electron chi connectivity index (χ2n) is 3.11. The Bertz CT molecular complexity index is 136. The SMILES string of the molecule is CC(C)(CCCI)NC(=O)O. The maximum absolute atomic E-state index is 10.3. The number of hydrogen-bond acceptors (Lipinski definition) is 1. The van der Waals surface area contributed by atoms with Crippen LogP contribution >= 0.6 is 22.6 Å². The lowest BCUT2D eigenvalue weighted by Gasteiger charge is -2.23. The number of amides is 1. The van der Waals surface area contributed by atoms with Gasteiger partial charge in [-0.2, -0.15) is 0 Å². The van der Waals surface area contributed by atoms with Crippen LogP contribution in [0.25, 0.3) is 0 Å². The Morgan fingerprint density at radius 2 is 2.18 bits per heavy atom. The van der Waals surface area contributed by atoms with Crippen molar-refractivity contribution in [1.29, 1.82) is 0 Å². The molecule has 11 heavy (non-hydrogen) atoms. The van der Waals surface area contributed by atoms with Crippen molar-refractivity contribution in [3.05, 3.63) is 0 Å². The molecule has 4 heteroatoms. The van der Waals surface area contributed by atoms with Gasteiger partial charge in [0, 0.05) is 5.54 Å². The molecular weight excluding hydrogens is 257 g/mol. The normalized spacial score (nSPS) is 11.2. The van der Waals surface area contributed by atoms with Gasteiger partial charge in [-0.1, -0.05) is 22.6 Å². The molecular formula is C7H14INO2. The lowest BCUT2D eigenvalue weighted by molar-refractivity contribution is 0.180. The molecule has 0 spiro atoms. The van der Waals surface area contributed by atoms with Crippen LogP contribution in [0, 0.1) is 0 Å². The van der Waals surface area contributed by atoms with Gasteiger partial charge in [0.1, 0.15) is 0 Å². The highest BCUT2D eigenvalue weighted by atomic mass is 127. The fourth-order valence-electron chi connectivity index (χ4n) is 0.861. The van der Waals surface area contributed by atoms with E-state index in [-0.39, 0.29) is 5.54 Å².